The lowest BCUT2D eigenvalue weighted by Crippen LogP contribution is -2.52. The number of benzene rings is 1. The molecule has 1 aromatic carbocycles. The second-order valence-corrected chi connectivity index (χ2v) is 6.38. The fourth-order valence-electron chi connectivity index (χ4n) is 2.82. The van der Waals surface area contributed by atoms with Crippen molar-refractivity contribution in [2.24, 2.45) is 0 Å². The third-order valence-corrected chi connectivity index (χ3v) is 4.17. The van der Waals surface area contributed by atoms with Crippen molar-refractivity contribution in [2.75, 3.05) is 18.4 Å². The standard InChI is InChI=1S/C18H26N2O3/c1-5-20-11-13(4)23-18(22)16(20)10-17(21)19-15-8-6-14(7-9-15)12(2)3/h6-9,12-13,16H,5,10-11H2,1-4H3,(H,19,21)/t13-,16?/m1/s1. The van der Waals surface area contributed by atoms with Crippen molar-refractivity contribution in [2.45, 2.75) is 52.2 Å². The highest BCUT2D eigenvalue weighted by atomic mass is 16.5. The van der Waals surface area contributed by atoms with Gasteiger partial charge in [-0.15, -0.1) is 0 Å². The molecule has 0 radical (unpaired) electrons. The largest absolute Gasteiger partial charge is 0.460 e. The molecule has 5 heteroatoms. The lowest BCUT2D eigenvalue weighted by molar-refractivity contribution is -0.165. The summed E-state index contributed by atoms with van der Waals surface area (Å²) < 4.78 is 5.26. The second kappa shape index (κ2) is 7.59. The van der Waals surface area contributed by atoms with Crippen molar-refractivity contribution in [3.63, 3.8) is 0 Å². The molecule has 0 saturated carbocycles. The number of morpholine rings is 1. The van der Waals surface area contributed by atoms with Crippen LogP contribution in [0.5, 0.6) is 0 Å². The number of cyclic esters (lactones) is 1. The van der Waals surface area contributed by atoms with Gasteiger partial charge in [-0.05, 0) is 37.1 Å². The highest BCUT2D eigenvalue weighted by molar-refractivity contribution is 5.94. The molecule has 2 atom stereocenters. The zero-order chi connectivity index (χ0) is 17.0. The van der Waals surface area contributed by atoms with E-state index in [9.17, 15) is 9.59 Å². The Hall–Kier alpha value is -1.88. The summed E-state index contributed by atoms with van der Waals surface area (Å²) in [4.78, 5) is 26.3. The normalized spacial score (nSPS) is 22.0. The van der Waals surface area contributed by atoms with Gasteiger partial charge in [0.15, 0.2) is 0 Å². The molecule has 1 N–H and O–H groups in total. The summed E-state index contributed by atoms with van der Waals surface area (Å²) in [6.07, 6.45) is -0.00366. The lowest BCUT2D eigenvalue weighted by Gasteiger charge is -2.36. The molecule has 23 heavy (non-hydrogen) atoms. The number of amides is 1. The zero-order valence-corrected chi connectivity index (χ0v) is 14.3. The number of carbonyl (C=O) groups excluding carboxylic acids is 2. The first-order valence-electron chi connectivity index (χ1n) is 8.25. The van der Waals surface area contributed by atoms with Gasteiger partial charge in [-0.2, -0.15) is 0 Å². The lowest BCUT2D eigenvalue weighted by atomic mass is 10.0. The zero-order valence-electron chi connectivity index (χ0n) is 14.3. The van der Waals surface area contributed by atoms with Crippen molar-refractivity contribution < 1.29 is 14.3 Å². The third kappa shape index (κ3) is 4.55. The smallest absolute Gasteiger partial charge is 0.324 e. The van der Waals surface area contributed by atoms with Gasteiger partial charge in [0.1, 0.15) is 12.1 Å². The van der Waals surface area contributed by atoms with Crippen molar-refractivity contribution in [1.82, 2.24) is 4.90 Å². The van der Waals surface area contributed by atoms with Crippen molar-refractivity contribution in [3.05, 3.63) is 29.8 Å². The van der Waals surface area contributed by atoms with E-state index in [4.69, 9.17) is 4.74 Å². The summed E-state index contributed by atoms with van der Waals surface area (Å²) >= 11 is 0. The highest BCUT2D eigenvalue weighted by Gasteiger charge is 2.35. The summed E-state index contributed by atoms with van der Waals surface area (Å²) in [5.41, 5.74) is 1.98. The Kier molecular flexibility index (Phi) is 5.77. The maximum absolute atomic E-state index is 12.2. The van der Waals surface area contributed by atoms with Crippen LogP contribution in [0.3, 0.4) is 0 Å². The van der Waals surface area contributed by atoms with Gasteiger partial charge < -0.3 is 10.1 Å². The van der Waals surface area contributed by atoms with Gasteiger partial charge in [-0.25, -0.2) is 0 Å². The number of esters is 1. The minimum absolute atomic E-state index is 0.116. The van der Waals surface area contributed by atoms with Crippen LogP contribution in [-0.4, -0.2) is 42.0 Å². The Bertz CT molecular complexity index is 554. The van der Waals surface area contributed by atoms with Gasteiger partial charge >= 0.3 is 5.97 Å². The maximum Gasteiger partial charge on any atom is 0.324 e. The molecule has 1 heterocycles. The predicted molar refractivity (Wildman–Crippen MR) is 90.4 cm³/mol. The third-order valence-electron chi connectivity index (χ3n) is 4.17. The van der Waals surface area contributed by atoms with E-state index >= 15 is 0 Å². The van der Waals surface area contributed by atoms with E-state index in [2.05, 4.69) is 19.2 Å². The van der Waals surface area contributed by atoms with Crippen molar-refractivity contribution in [3.8, 4) is 0 Å². The van der Waals surface area contributed by atoms with E-state index in [0.717, 1.165) is 12.2 Å². The van der Waals surface area contributed by atoms with Crippen LogP contribution < -0.4 is 5.32 Å². The Morgan fingerprint density at radius 3 is 2.57 bits per heavy atom. The number of hydrogen-bond acceptors (Lipinski definition) is 4. The molecule has 1 aromatic rings. The van der Waals surface area contributed by atoms with Gasteiger partial charge in [0, 0.05) is 12.2 Å². The fourth-order valence-corrected chi connectivity index (χ4v) is 2.82. The maximum atomic E-state index is 12.2. The number of nitrogens with zero attached hydrogens (tertiary/aromatic N) is 1. The number of likely N-dealkylation sites (N-methyl/N-ethyl adjacent to an activating group) is 1. The molecule has 0 aliphatic carbocycles. The average Bonchev–Trinajstić information content (AvgIpc) is 2.50. The molecule has 0 spiro atoms. The second-order valence-electron chi connectivity index (χ2n) is 6.38. The predicted octanol–water partition coefficient (Wildman–Crippen LogP) is 2.77. The molecule has 1 aliphatic heterocycles. The van der Waals surface area contributed by atoms with E-state index < -0.39 is 6.04 Å². The first kappa shape index (κ1) is 17.5. The average molecular weight is 318 g/mol. The molecular weight excluding hydrogens is 292 g/mol. The van der Waals surface area contributed by atoms with E-state index in [1.807, 2.05) is 43.0 Å². The number of nitrogens with one attached hydrogen (secondary N) is 1. The molecule has 1 fully saturated rings. The van der Waals surface area contributed by atoms with Gasteiger partial charge in [-0.3, -0.25) is 14.5 Å². The van der Waals surface area contributed by atoms with Gasteiger partial charge in [0.2, 0.25) is 5.91 Å². The number of carbonyl (C=O) groups is 2. The Labute approximate surface area is 138 Å². The molecule has 1 unspecified atom stereocenters. The van der Waals surface area contributed by atoms with Crippen LogP contribution in [0.1, 0.15) is 45.6 Å². The van der Waals surface area contributed by atoms with E-state index in [1.165, 1.54) is 5.56 Å². The number of ether oxygens (including phenoxy) is 1. The summed E-state index contributed by atoms with van der Waals surface area (Å²) in [6.45, 7) is 9.50. The minimum Gasteiger partial charge on any atom is -0.460 e. The molecule has 1 amide bonds. The molecule has 126 valence electrons. The van der Waals surface area contributed by atoms with Crippen LogP contribution in [0.4, 0.5) is 5.69 Å². The Balaban J connectivity index is 1.96. The van der Waals surface area contributed by atoms with Crippen molar-refractivity contribution >= 4 is 17.6 Å². The summed E-state index contributed by atoms with van der Waals surface area (Å²) in [7, 11) is 0. The first-order chi connectivity index (χ1) is 10.9. The van der Waals surface area contributed by atoms with Crippen LogP contribution in [0.2, 0.25) is 0 Å². The van der Waals surface area contributed by atoms with Crippen molar-refractivity contribution in [1.29, 1.82) is 0 Å². The molecule has 2 rings (SSSR count). The molecular formula is C18H26N2O3. The summed E-state index contributed by atoms with van der Waals surface area (Å²) in [6, 6.07) is 7.31. The minimum atomic E-state index is -0.494. The highest BCUT2D eigenvalue weighted by Crippen LogP contribution is 2.19. The van der Waals surface area contributed by atoms with E-state index in [-0.39, 0.29) is 24.4 Å². The fraction of sp³-hybridized carbons (Fsp3) is 0.556. The number of hydrogen-bond donors (Lipinski definition) is 1. The van der Waals surface area contributed by atoms with Gasteiger partial charge in [0.05, 0.1) is 6.42 Å². The van der Waals surface area contributed by atoms with E-state index in [0.29, 0.717) is 12.5 Å². The van der Waals surface area contributed by atoms with Crippen LogP contribution in [-0.2, 0) is 14.3 Å². The Morgan fingerprint density at radius 1 is 1.35 bits per heavy atom. The summed E-state index contributed by atoms with van der Waals surface area (Å²) in [5.74, 6) is -0.0231. The number of rotatable bonds is 5. The molecule has 0 bridgehead atoms. The molecule has 5 nitrogen and oxygen atoms in total. The van der Waals surface area contributed by atoms with Gasteiger partial charge in [-0.1, -0.05) is 32.9 Å². The summed E-state index contributed by atoms with van der Waals surface area (Å²) in [5, 5.41) is 2.86. The quantitative estimate of drug-likeness (QED) is 0.848. The molecule has 0 aromatic heterocycles. The van der Waals surface area contributed by atoms with E-state index in [1.54, 1.807) is 0 Å². The van der Waals surface area contributed by atoms with Crippen LogP contribution >= 0.6 is 0 Å². The Morgan fingerprint density at radius 2 is 2.00 bits per heavy atom. The number of anilines is 1. The van der Waals surface area contributed by atoms with Crippen LogP contribution in [0, 0.1) is 0 Å². The first-order valence-corrected chi connectivity index (χ1v) is 8.25. The van der Waals surface area contributed by atoms with Crippen LogP contribution in [0.25, 0.3) is 0 Å². The van der Waals surface area contributed by atoms with Crippen LogP contribution in [0.15, 0.2) is 24.3 Å². The topological polar surface area (TPSA) is 58.6 Å². The SMILES string of the molecule is CCN1C[C@@H](C)OC(=O)C1CC(=O)Nc1ccc(C(C)C)cc1. The molecule has 1 saturated heterocycles. The van der Waals surface area contributed by atoms with Gasteiger partial charge in [0.25, 0.3) is 0 Å². The monoisotopic (exact) mass is 318 g/mol. The molecule has 1 aliphatic rings.